The Labute approximate surface area is 273 Å². The summed E-state index contributed by atoms with van der Waals surface area (Å²) in [5.41, 5.74) is -0.148. The third-order valence-corrected chi connectivity index (χ3v) is 9.40. The van der Waals surface area contributed by atoms with E-state index in [1.807, 2.05) is 0 Å². The highest BCUT2D eigenvalue weighted by atomic mass is 19.1. The van der Waals surface area contributed by atoms with E-state index in [0.29, 0.717) is 43.0 Å². The van der Waals surface area contributed by atoms with Crippen molar-refractivity contribution in [1.29, 1.82) is 0 Å². The van der Waals surface area contributed by atoms with E-state index in [1.54, 1.807) is 63.8 Å². The van der Waals surface area contributed by atoms with Crippen LogP contribution in [0.3, 0.4) is 0 Å². The first-order valence-corrected chi connectivity index (χ1v) is 16.1. The Morgan fingerprint density at radius 2 is 1.72 bits per heavy atom. The minimum absolute atomic E-state index is 0.0502. The molecule has 2 atom stereocenters. The zero-order valence-corrected chi connectivity index (χ0v) is 27.4. The lowest BCUT2D eigenvalue weighted by Crippen LogP contribution is -2.53. The Balaban J connectivity index is 1.15. The Hall–Kier alpha value is -4.48. The first-order valence-electron chi connectivity index (χ1n) is 16.1. The van der Waals surface area contributed by atoms with Gasteiger partial charge >= 0.3 is 12.2 Å². The van der Waals surface area contributed by atoms with Crippen LogP contribution in [0, 0.1) is 11.7 Å². The highest BCUT2D eigenvalue weighted by Gasteiger charge is 2.58. The van der Waals surface area contributed by atoms with E-state index in [2.05, 4.69) is 10.6 Å². The normalized spacial score (nSPS) is 22.4. The Kier molecular flexibility index (Phi) is 8.04. The largest absolute Gasteiger partial charge is 0.444 e. The number of anilines is 1. The van der Waals surface area contributed by atoms with E-state index in [4.69, 9.17) is 9.47 Å². The number of rotatable bonds is 6. The lowest BCUT2D eigenvalue weighted by atomic mass is 9.94. The fraction of sp³-hybridized carbons (Fsp3) is 0.514. The van der Waals surface area contributed by atoms with Crippen molar-refractivity contribution in [3.8, 4) is 0 Å². The predicted octanol–water partition coefficient (Wildman–Crippen LogP) is 4.94. The number of nitrogens with zero attached hydrogens (tertiary/aromatic N) is 2. The second kappa shape index (κ2) is 11.6. The quantitative estimate of drug-likeness (QED) is 0.453. The average molecular weight is 649 g/mol. The van der Waals surface area contributed by atoms with E-state index in [9.17, 15) is 28.4 Å². The molecule has 0 radical (unpaired) electrons. The van der Waals surface area contributed by atoms with Crippen molar-refractivity contribution >= 4 is 35.6 Å². The van der Waals surface area contributed by atoms with Gasteiger partial charge in [-0.25, -0.2) is 18.9 Å². The van der Waals surface area contributed by atoms with Crippen LogP contribution in [0.15, 0.2) is 36.4 Å². The number of amides is 5. The van der Waals surface area contributed by atoms with Crippen LogP contribution >= 0.6 is 0 Å². The smallest absolute Gasteiger partial charge is 0.418 e. The standard InChI is InChI=1S/C35H41FN4O7/c1-33(2,3)46-31(44)38-34(4,5)29(42)37-25-11-12-26-22(17-25)14-15-35(26)30(43)40(32(45)47-35)19-28(41)39-18-23-8-10-24(36)16-21(23)9-13-27(39)20-6-7-20/h8,10-12,16-17,20,27H,6-7,9,13-15,18-19H2,1-5H3,(H,37,42)(H,38,44)/t27-,35-/m0/s1. The van der Waals surface area contributed by atoms with Gasteiger partial charge in [0.05, 0.1) is 0 Å². The molecule has 5 amide bonds. The van der Waals surface area contributed by atoms with E-state index >= 15 is 0 Å². The fourth-order valence-electron chi connectivity index (χ4n) is 6.85. The number of carbonyl (C=O) groups excluding carboxylic acids is 5. The maximum Gasteiger partial charge on any atom is 0.418 e. The van der Waals surface area contributed by atoms with Crippen LogP contribution < -0.4 is 10.6 Å². The minimum atomic E-state index is -1.55. The Morgan fingerprint density at radius 3 is 2.43 bits per heavy atom. The van der Waals surface area contributed by atoms with Gasteiger partial charge in [0.25, 0.3) is 5.91 Å². The molecule has 2 N–H and O–H groups in total. The monoisotopic (exact) mass is 648 g/mol. The summed E-state index contributed by atoms with van der Waals surface area (Å²) in [4.78, 5) is 68.9. The summed E-state index contributed by atoms with van der Waals surface area (Å²) in [6.07, 6.45) is 2.37. The number of hydrogen-bond acceptors (Lipinski definition) is 7. The Bertz CT molecular complexity index is 1660. The summed E-state index contributed by atoms with van der Waals surface area (Å²) < 4.78 is 25.0. The highest BCUT2D eigenvalue weighted by Crippen LogP contribution is 2.46. The fourth-order valence-corrected chi connectivity index (χ4v) is 6.85. The maximum absolute atomic E-state index is 14.0. The number of halogens is 1. The van der Waals surface area contributed by atoms with Crippen LogP contribution in [0.2, 0.25) is 0 Å². The lowest BCUT2D eigenvalue weighted by molar-refractivity contribution is -0.143. The third-order valence-electron chi connectivity index (χ3n) is 9.40. The summed E-state index contributed by atoms with van der Waals surface area (Å²) in [6.45, 7) is 8.14. The summed E-state index contributed by atoms with van der Waals surface area (Å²) in [5.74, 6) is -1.38. The summed E-state index contributed by atoms with van der Waals surface area (Å²) >= 11 is 0. The Morgan fingerprint density at radius 1 is 0.979 bits per heavy atom. The van der Waals surface area contributed by atoms with Crippen LogP contribution in [0.1, 0.15) is 82.6 Å². The van der Waals surface area contributed by atoms with Crippen molar-refractivity contribution in [2.45, 2.75) is 102 Å². The SMILES string of the molecule is CC(C)(C)OC(=O)NC(C)(C)C(=O)Nc1ccc2c(c1)CC[C@]21OC(=O)N(CC(=O)N2Cc3ccc(F)cc3CC[C@H]2C2CC2)C1=O. The second-order valence-corrected chi connectivity index (χ2v) is 14.5. The molecular weight excluding hydrogens is 607 g/mol. The number of benzene rings is 2. The molecule has 0 bridgehead atoms. The van der Waals surface area contributed by atoms with Crippen LogP contribution in [-0.2, 0) is 48.8 Å². The first-order chi connectivity index (χ1) is 22.1. The molecule has 11 nitrogen and oxygen atoms in total. The molecular formula is C35H41FN4O7. The number of aryl methyl sites for hydroxylation is 2. The average Bonchev–Trinajstić information content (AvgIpc) is 3.74. The molecule has 2 aromatic carbocycles. The number of imide groups is 1. The number of alkyl carbamates (subject to hydrolysis) is 1. The van der Waals surface area contributed by atoms with Gasteiger partial charge in [-0.15, -0.1) is 0 Å². The van der Waals surface area contributed by atoms with Gasteiger partial charge in [0.1, 0.15) is 23.5 Å². The van der Waals surface area contributed by atoms with Crippen molar-refractivity contribution in [3.63, 3.8) is 0 Å². The molecule has 1 spiro atoms. The summed E-state index contributed by atoms with van der Waals surface area (Å²) in [7, 11) is 0. The van der Waals surface area contributed by atoms with E-state index < -0.39 is 47.3 Å². The molecule has 6 rings (SSSR count). The topological polar surface area (TPSA) is 134 Å². The van der Waals surface area contributed by atoms with E-state index in [-0.39, 0.29) is 24.2 Å². The van der Waals surface area contributed by atoms with Crippen molar-refractivity contribution in [2.24, 2.45) is 5.92 Å². The van der Waals surface area contributed by atoms with Gasteiger partial charge in [0.2, 0.25) is 17.4 Å². The number of carbonyl (C=O) groups is 5. The molecule has 2 aliphatic carbocycles. The molecule has 12 heteroatoms. The highest BCUT2D eigenvalue weighted by molar-refractivity contribution is 6.06. The molecule has 1 saturated heterocycles. The van der Waals surface area contributed by atoms with Gasteiger partial charge in [-0.05, 0) is 114 Å². The molecule has 2 fully saturated rings. The van der Waals surface area contributed by atoms with Crippen molar-refractivity contribution in [2.75, 3.05) is 11.9 Å². The molecule has 0 unspecified atom stereocenters. The molecule has 2 heterocycles. The summed E-state index contributed by atoms with van der Waals surface area (Å²) in [6, 6.07) is 9.55. The van der Waals surface area contributed by atoms with E-state index in [1.165, 1.54) is 12.1 Å². The molecule has 2 aliphatic heterocycles. The number of ether oxygens (including phenoxy) is 2. The van der Waals surface area contributed by atoms with Crippen molar-refractivity contribution in [3.05, 3.63) is 64.5 Å². The van der Waals surface area contributed by atoms with Gasteiger partial charge < -0.3 is 25.0 Å². The number of nitrogens with one attached hydrogen (secondary N) is 2. The maximum atomic E-state index is 14.0. The van der Waals surface area contributed by atoms with Gasteiger partial charge in [-0.1, -0.05) is 12.1 Å². The van der Waals surface area contributed by atoms with Crippen LogP contribution in [0.25, 0.3) is 0 Å². The van der Waals surface area contributed by atoms with Crippen molar-refractivity contribution in [1.82, 2.24) is 15.1 Å². The van der Waals surface area contributed by atoms with Crippen LogP contribution in [0.4, 0.5) is 19.7 Å². The minimum Gasteiger partial charge on any atom is -0.444 e. The van der Waals surface area contributed by atoms with E-state index in [0.717, 1.165) is 34.4 Å². The van der Waals surface area contributed by atoms with Crippen molar-refractivity contribution < 1.29 is 37.8 Å². The number of hydrogen-bond donors (Lipinski definition) is 2. The van der Waals surface area contributed by atoms with Gasteiger partial charge in [-0.2, -0.15) is 0 Å². The van der Waals surface area contributed by atoms with Gasteiger partial charge in [0, 0.05) is 30.3 Å². The first kappa shape index (κ1) is 32.5. The van der Waals surface area contributed by atoms with Crippen LogP contribution in [0.5, 0.6) is 0 Å². The molecule has 4 aliphatic rings. The molecule has 1 saturated carbocycles. The molecule has 2 aromatic rings. The molecule has 250 valence electrons. The molecule has 47 heavy (non-hydrogen) atoms. The second-order valence-electron chi connectivity index (χ2n) is 14.5. The van der Waals surface area contributed by atoms with Gasteiger partial charge in [-0.3, -0.25) is 14.4 Å². The lowest BCUT2D eigenvalue weighted by Gasteiger charge is -2.31. The van der Waals surface area contributed by atoms with Crippen LogP contribution in [-0.4, -0.2) is 63.4 Å². The van der Waals surface area contributed by atoms with Gasteiger partial charge in [0.15, 0.2) is 0 Å². The third kappa shape index (κ3) is 6.42. The summed E-state index contributed by atoms with van der Waals surface area (Å²) in [5, 5.41) is 5.38. The predicted molar refractivity (Wildman–Crippen MR) is 168 cm³/mol. The molecule has 0 aromatic heterocycles. The zero-order valence-electron chi connectivity index (χ0n) is 27.4. The zero-order chi connectivity index (χ0) is 33.9. The number of fused-ring (bicyclic) bond motifs is 3.